The highest BCUT2D eigenvalue weighted by Gasteiger charge is 2.86. The van der Waals surface area contributed by atoms with Gasteiger partial charge in [0.05, 0.1) is 25.4 Å². The van der Waals surface area contributed by atoms with Gasteiger partial charge in [-0.3, -0.25) is 0 Å². The summed E-state index contributed by atoms with van der Waals surface area (Å²) in [5.74, 6) is 0. The predicted octanol–water partition coefficient (Wildman–Crippen LogP) is 7.04. The predicted molar refractivity (Wildman–Crippen MR) is 132 cm³/mol. The van der Waals surface area contributed by atoms with Gasteiger partial charge >= 0.3 is 24.1 Å². The van der Waals surface area contributed by atoms with Gasteiger partial charge in [0.2, 0.25) is 0 Å². The SMILES string of the molecule is CC(COC1CC(C)(C)N(O)C(C)(C)C1)(COC1CC(C)(C)N(O)C(C)(C)C1)OC(C(F)(F)F)(C(F)(F)F)C(F)(F)F. The third-order valence-corrected chi connectivity index (χ3v) is 8.05. The number of piperidine rings is 2. The van der Waals surface area contributed by atoms with Crippen LogP contribution in [-0.4, -0.2) is 97.8 Å². The second kappa shape index (κ2) is 11.2. The Morgan fingerprint density at radius 1 is 0.571 bits per heavy atom. The molecule has 2 aliphatic heterocycles. The van der Waals surface area contributed by atoms with Crippen molar-refractivity contribution in [1.82, 2.24) is 10.1 Å². The molecule has 0 aromatic heterocycles. The monoisotopic (exact) mass is 634 g/mol. The summed E-state index contributed by atoms with van der Waals surface area (Å²) in [6, 6.07) is 0. The van der Waals surface area contributed by atoms with Gasteiger partial charge in [-0.1, -0.05) is 0 Å². The Balaban J connectivity index is 2.49. The molecule has 2 saturated heterocycles. The minimum absolute atomic E-state index is 0.0597. The molecule has 2 heterocycles. The molecular formula is C26H43F9N2O5. The Labute approximate surface area is 240 Å². The Morgan fingerprint density at radius 3 is 1.02 bits per heavy atom. The summed E-state index contributed by atoms with van der Waals surface area (Å²) in [6.07, 6.45) is -22.3. The van der Waals surface area contributed by atoms with Crippen molar-refractivity contribution in [2.24, 2.45) is 0 Å². The molecule has 0 amide bonds. The molecule has 7 nitrogen and oxygen atoms in total. The van der Waals surface area contributed by atoms with Gasteiger partial charge in [-0.2, -0.15) is 49.6 Å². The zero-order valence-electron chi connectivity index (χ0n) is 25.3. The van der Waals surface area contributed by atoms with E-state index in [1.54, 1.807) is 55.4 Å². The lowest BCUT2D eigenvalue weighted by molar-refractivity contribution is -0.476. The lowest BCUT2D eigenvalue weighted by atomic mass is 9.80. The summed E-state index contributed by atoms with van der Waals surface area (Å²) in [7, 11) is 0. The number of nitrogens with zero attached hydrogens (tertiary/aromatic N) is 2. The average Bonchev–Trinajstić information content (AvgIpc) is 2.73. The van der Waals surface area contributed by atoms with E-state index in [0.717, 1.165) is 10.1 Å². The van der Waals surface area contributed by atoms with Crippen molar-refractivity contribution in [3.05, 3.63) is 0 Å². The second-order valence-electron chi connectivity index (χ2n) is 14.3. The van der Waals surface area contributed by atoms with Crippen molar-refractivity contribution >= 4 is 0 Å². The molecule has 0 aromatic carbocycles. The van der Waals surface area contributed by atoms with E-state index < -0.39 is 77.3 Å². The molecule has 42 heavy (non-hydrogen) atoms. The van der Waals surface area contributed by atoms with E-state index in [-0.39, 0.29) is 25.7 Å². The van der Waals surface area contributed by atoms with Crippen molar-refractivity contribution in [3.8, 4) is 0 Å². The normalized spacial score (nSPS) is 25.1. The number of alkyl halides is 9. The van der Waals surface area contributed by atoms with Gasteiger partial charge in [-0.25, -0.2) is 0 Å². The lowest BCUT2D eigenvalue weighted by Gasteiger charge is -2.52. The molecule has 0 atom stereocenters. The van der Waals surface area contributed by atoms with Crippen molar-refractivity contribution in [1.29, 1.82) is 0 Å². The van der Waals surface area contributed by atoms with Gasteiger partial charge in [-0.15, -0.1) is 0 Å². The van der Waals surface area contributed by atoms with Crippen LogP contribution in [0.25, 0.3) is 0 Å². The average molecular weight is 635 g/mol. The molecule has 0 radical (unpaired) electrons. The smallest absolute Gasteiger partial charge is 0.375 e. The maximum Gasteiger partial charge on any atom is 0.435 e. The molecular weight excluding hydrogens is 591 g/mol. The van der Waals surface area contributed by atoms with Crippen LogP contribution >= 0.6 is 0 Å². The summed E-state index contributed by atoms with van der Waals surface area (Å²) in [4.78, 5) is 0. The number of hydrogen-bond acceptors (Lipinski definition) is 7. The number of rotatable bonds is 8. The van der Waals surface area contributed by atoms with Gasteiger partial charge in [-0.05, 0) is 88.0 Å². The molecule has 2 rings (SSSR count). The summed E-state index contributed by atoms with van der Waals surface area (Å²) in [6.45, 7) is 11.4. The standard InChI is InChI=1S/C26H43F9N2O5/c1-18(2)10-16(11-19(3,4)36(18)38)40-14-22(9,15-41-17-12-20(5,6)37(39)21(7,8)13-17)42-23(24(27,28)29,25(30,31)32)26(33,34)35/h16-17,38-39H,10-15H2,1-9H3. The van der Waals surface area contributed by atoms with E-state index in [1.165, 1.54) is 0 Å². The van der Waals surface area contributed by atoms with Crippen LogP contribution in [0.15, 0.2) is 0 Å². The zero-order chi connectivity index (χ0) is 33.2. The molecule has 0 unspecified atom stereocenters. The third-order valence-electron chi connectivity index (χ3n) is 8.05. The highest BCUT2D eigenvalue weighted by atomic mass is 19.4. The quantitative estimate of drug-likeness (QED) is 0.278. The summed E-state index contributed by atoms with van der Waals surface area (Å²) < 4.78 is 140. The fourth-order valence-electron chi connectivity index (χ4n) is 6.31. The van der Waals surface area contributed by atoms with E-state index in [9.17, 15) is 49.9 Å². The molecule has 2 N–H and O–H groups in total. The number of hydroxylamine groups is 4. The number of halogens is 9. The van der Waals surface area contributed by atoms with Crippen molar-refractivity contribution < 1.29 is 64.1 Å². The van der Waals surface area contributed by atoms with Crippen LogP contribution in [0, 0.1) is 0 Å². The Kier molecular flexibility index (Phi) is 9.90. The van der Waals surface area contributed by atoms with E-state index in [4.69, 9.17) is 9.47 Å². The van der Waals surface area contributed by atoms with Gasteiger partial charge in [0, 0.05) is 22.2 Å². The number of ether oxygens (including phenoxy) is 3. The Hall–Kier alpha value is -0.910. The Morgan fingerprint density at radius 2 is 0.810 bits per heavy atom. The van der Waals surface area contributed by atoms with Gasteiger partial charge < -0.3 is 24.6 Å². The molecule has 0 aromatic rings. The largest absolute Gasteiger partial charge is 0.435 e. The van der Waals surface area contributed by atoms with E-state index in [0.29, 0.717) is 6.92 Å². The molecule has 0 bridgehead atoms. The van der Waals surface area contributed by atoms with Crippen molar-refractivity contribution in [2.45, 2.75) is 152 Å². The van der Waals surface area contributed by atoms with Crippen LogP contribution in [0.3, 0.4) is 0 Å². The van der Waals surface area contributed by atoms with Crippen LogP contribution in [0.4, 0.5) is 39.5 Å². The minimum Gasteiger partial charge on any atom is -0.375 e. The maximum absolute atomic E-state index is 13.9. The molecule has 0 saturated carbocycles. The highest BCUT2D eigenvalue weighted by molar-refractivity contribution is 5.05. The molecule has 2 aliphatic rings. The van der Waals surface area contributed by atoms with Crippen molar-refractivity contribution in [2.75, 3.05) is 13.2 Å². The summed E-state index contributed by atoms with van der Waals surface area (Å²) in [5, 5.41) is 23.1. The van der Waals surface area contributed by atoms with Crippen LogP contribution in [0.5, 0.6) is 0 Å². The van der Waals surface area contributed by atoms with Crippen LogP contribution in [-0.2, 0) is 14.2 Å². The van der Waals surface area contributed by atoms with Crippen molar-refractivity contribution in [3.63, 3.8) is 0 Å². The summed E-state index contributed by atoms with van der Waals surface area (Å²) >= 11 is 0. The highest BCUT2D eigenvalue weighted by Crippen LogP contribution is 2.56. The first-order valence-electron chi connectivity index (χ1n) is 13.5. The van der Waals surface area contributed by atoms with Gasteiger partial charge in [0.15, 0.2) is 0 Å². The van der Waals surface area contributed by atoms with Crippen LogP contribution < -0.4 is 0 Å². The Bertz CT molecular complexity index is 830. The molecule has 16 heteroatoms. The summed E-state index contributed by atoms with van der Waals surface area (Å²) in [5.41, 5.74) is -13.2. The third kappa shape index (κ3) is 7.31. The topological polar surface area (TPSA) is 74.6 Å². The first-order valence-corrected chi connectivity index (χ1v) is 13.5. The maximum atomic E-state index is 13.9. The second-order valence-corrected chi connectivity index (χ2v) is 14.3. The van der Waals surface area contributed by atoms with Gasteiger partial charge in [0.1, 0.15) is 5.60 Å². The van der Waals surface area contributed by atoms with E-state index >= 15 is 0 Å². The van der Waals surface area contributed by atoms with Gasteiger partial charge in [0.25, 0.3) is 0 Å². The zero-order valence-corrected chi connectivity index (χ0v) is 25.3. The van der Waals surface area contributed by atoms with Crippen LogP contribution in [0.2, 0.25) is 0 Å². The first kappa shape index (κ1) is 37.3. The first-order chi connectivity index (χ1) is 18.3. The molecule has 0 spiro atoms. The molecule has 250 valence electrons. The molecule has 0 aliphatic carbocycles. The lowest BCUT2D eigenvalue weighted by Crippen LogP contribution is -2.71. The van der Waals surface area contributed by atoms with Crippen LogP contribution in [0.1, 0.15) is 88.0 Å². The minimum atomic E-state index is -6.94. The number of hydrogen-bond donors (Lipinski definition) is 2. The fourth-order valence-corrected chi connectivity index (χ4v) is 6.31. The molecule has 2 fully saturated rings. The van der Waals surface area contributed by atoms with E-state index in [2.05, 4.69) is 4.74 Å². The van der Waals surface area contributed by atoms with E-state index in [1.807, 2.05) is 0 Å². The fraction of sp³-hybridized carbons (Fsp3) is 1.00.